The minimum Gasteiger partial charge on any atom is -0.396 e. The van der Waals surface area contributed by atoms with E-state index in [1.54, 1.807) is 0 Å². The van der Waals surface area contributed by atoms with Gasteiger partial charge in [-0.05, 0) is 32.5 Å². The van der Waals surface area contributed by atoms with E-state index in [2.05, 4.69) is 10.3 Å². The molecule has 0 aliphatic carbocycles. The lowest BCUT2D eigenvalue weighted by Crippen LogP contribution is -2.34. The number of nitrogens with one attached hydrogen (secondary N) is 2. The van der Waals surface area contributed by atoms with Gasteiger partial charge >= 0.3 is 0 Å². The summed E-state index contributed by atoms with van der Waals surface area (Å²) in [5, 5.41) is 11.5. The number of hydrogen-bond donors (Lipinski definition) is 3. The van der Waals surface area contributed by atoms with Crippen LogP contribution in [0.4, 0.5) is 0 Å². The van der Waals surface area contributed by atoms with Gasteiger partial charge in [0.2, 0.25) is 5.91 Å². The molecule has 1 aromatic heterocycles. The van der Waals surface area contributed by atoms with Crippen LogP contribution in [-0.4, -0.2) is 28.6 Å². The number of H-pyrrole nitrogens is 1. The molecule has 4 nitrogen and oxygen atoms in total. The fourth-order valence-electron chi connectivity index (χ4n) is 1.34. The highest BCUT2D eigenvalue weighted by Crippen LogP contribution is 2.14. The number of hydrogen-bond acceptors (Lipinski definition) is 4. The number of aliphatic hydroxyl groups is 1. The summed E-state index contributed by atoms with van der Waals surface area (Å²) in [7, 11) is 0. The Morgan fingerprint density at radius 2 is 2.38 bits per heavy atom. The molecule has 16 heavy (non-hydrogen) atoms. The lowest BCUT2D eigenvalue weighted by atomic mass is 10.2. The maximum Gasteiger partial charge on any atom is 0.225 e. The molecule has 1 heterocycles. The van der Waals surface area contributed by atoms with Gasteiger partial charge in [-0.2, -0.15) is 0 Å². The molecule has 0 saturated heterocycles. The van der Waals surface area contributed by atoms with Crippen LogP contribution < -0.4 is 5.32 Å². The lowest BCUT2D eigenvalue weighted by molar-refractivity contribution is -0.121. The smallest absolute Gasteiger partial charge is 0.225 e. The fourth-order valence-corrected chi connectivity index (χ4v) is 2.63. The maximum atomic E-state index is 11.6. The van der Waals surface area contributed by atoms with Crippen molar-refractivity contribution in [2.75, 3.05) is 6.61 Å². The summed E-state index contributed by atoms with van der Waals surface area (Å²) >= 11 is 6.43. The average Bonchev–Trinajstić information content (AvgIpc) is 2.44. The maximum absolute atomic E-state index is 11.6. The van der Waals surface area contributed by atoms with E-state index in [-0.39, 0.29) is 18.6 Å². The van der Waals surface area contributed by atoms with Crippen LogP contribution in [0.5, 0.6) is 0 Å². The van der Waals surface area contributed by atoms with Crippen LogP contribution in [0.2, 0.25) is 0 Å². The number of carbonyl (C=O) groups is 1. The monoisotopic (exact) mass is 260 g/mol. The first-order valence-electron chi connectivity index (χ1n) is 5.11. The minimum absolute atomic E-state index is 0.00437. The molecule has 90 valence electrons. The second kappa shape index (κ2) is 6.12. The summed E-state index contributed by atoms with van der Waals surface area (Å²) in [6.45, 7) is 3.87. The van der Waals surface area contributed by atoms with Crippen LogP contribution in [-0.2, 0) is 11.2 Å². The third-order valence-electron chi connectivity index (χ3n) is 2.21. The molecular formula is C10H16N2O2S2. The summed E-state index contributed by atoms with van der Waals surface area (Å²) in [6.07, 6.45) is 0.924. The third-order valence-corrected chi connectivity index (χ3v) is 3.55. The van der Waals surface area contributed by atoms with Crippen molar-refractivity contribution < 1.29 is 9.90 Å². The Hall–Kier alpha value is -0.720. The Morgan fingerprint density at radius 3 is 2.88 bits per heavy atom. The SMILES string of the molecule is Cc1[nH]c(=S)sc1CC(=O)NC(C)CCO. The second-order valence-corrected chi connectivity index (χ2v) is 5.49. The molecule has 0 saturated carbocycles. The number of aromatic amines is 1. The van der Waals surface area contributed by atoms with Crippen LogP contribution in [0.15, 0.2) is 0 Å². The molecule has 0 bridgehead atoms. The van der Waals surface area contributed by atoms with Gasteiger partial charge in [0, 0.05) is 23.2 Å². The topological polar surface area (TPSA) is 65.1 Å². The van der Waals surface area contributed by atoms with Crippen LogP contribution in [0.25, 0.3) is 0 Å². The van der Waals surface area contributed by atoms with Crippen molar-refractivity contribution in [1.29, 1.82) is 0 Å². The zero-order chi connectivity index (χ0) is 12.1. The summed E-state index contributed by atoms with van der Waals surface area (Å²) in [4.78, 5) is 15.6. The number of aryl methyl sites for hydroxylation is 1. The standard InChI is InChI=1S/C10H16N2O2S2/c1-6(3-4-13)11-9(14)5-8-7(2)12-10(15)16-8/h6,13H,3-5H2,1-2H3,(H,11,14)(H,12,15). The van der Waals surface area contributed by atoms with E-state index in [0.29, 0.717) is 16.8 Å². The minimum atomic E-state index is -0.0331. The largest absolute Gasteiger partial charge is 0.396 e. The molecule has 0 spiro atoms. The van der Waals surface area contributed by atoms with Crippen molar-refractivity contribution in [2.24, 2.45) is 0 Å². The van der Waals surface area contributed by atoms with E-state index in [1.165, 1.54) is 11.3 Å². The van der Waals surface area contributed by atoms with Crippen molar-refractivity contribution in [3.05, 3.63) is 14.5 Å². The molecule has 0 radical (unpaired) electrons. The lowest BCUT2D eigenvalue weighted by Gasteiger charge is -2.11. The first-order valence-corrected chi connectivity index (χ1v) is 6.34. The summed E-state index contributed by atoms with van der Waals surface area (Å²) < 4.78 is 0.698. The number of rotatable bonds is 5. The highest BCUT2D eigenvalue weighted by atomic mass is 32.1. The number of aromatic nitrogens is 1. The van der Waals surface area contributed by atoms with E-state index in [4.69, 9.17) is 17.3 Å². The van der Waals surface area contributed by atoms with E-state index in [9.17, 15) is 4.79 Å². The molecule has 0 fully saturated rings. The van der Waals surface area contributed by atoms with Gasteiger partial charge in [-0.15, -0.1) is 11.3 Å². The van der Waals surface area contributed by atoms with Gasteiger partial charge in [-0.1, -0.05) is 0 Å². The quantitative estimate of drug-likeness (QED) is 0.704. The van der Waals surface area contributed by atoms with Gasteiger partial charge in [-0.3, -0.25) is 4.79 Å². The Kier molecular flexibility index (Phi) is 5.11. The van der Waals surface area contributed by atoms with Crippen molar-refractivity contribution in [3.8, 4) is 0 Å². The van der Waals surface area contributed by atoms with Gasteiger partial charge in [0.1, 0.15) is 0 Å². The fraction of sp³-hybridized carbons (Fsp3) is 0.600. The van der Waals surface area contributed by atoms with Crippen LogP contribution in [0.3, 0.4) is 0 Å². The molecule has 1 amide bonds. The zero-order valence-electron chi connectivity index (χ0n) is 9.37. The summed E-state index contributed by atoms with van der Waals surface area (Å²) in [6, 6.07) is 0.00437. The van der Waals surface area contributed by atoms with E-state index in [0.717, 1.165) is 10.6 Å². The van der Waals surface area contributed by atoms with Crippen LogP contribution in [0.1, 0.15) is 23.9 Å². The molecule has 1 aromatic rings. The van der Waals surface area contributed by atoms with E-state index in [1.807, 2.05) is 13.8 Å². The Labute approximate surface area is 104 Å². The molecule has 0 aliphatic rings. The predicted octanol–water partition coefficient (Wildman–Crippen LogP) is 1.54. The highest BCUT2D eigenvalue weighted by Gasteiger charge is 2.10. The molecule has 0 aliphatic heterocycles. The van der Waals surface area contributed by atoms with Gasteiger partial charge in [0.25, 0.3) is 0 Å². The molecule has 1 unspecified atom stereocenters. The zero-order valence-corrected chi connectivity index (χ0v) is 11.0. The van der Waals surface area contributed by atoms with Crippen molar-refractivity contribution >= 4 is 29.5 Å². The van der Waals surface area contributed by atoms with Crippen molar-refractivity contribution in [1.82, 2.24) is 10.3 Å². The van der Waals surface area contributed by atoms with Gasteiger partial charge in [0.05, 0.1) is 6.42 Å². The van der Waals surface area contributed by atoms with Gasteiger partial charge < -0.3 is 15.4 Å². The number of amides is 1. The molecular weight excluding hydrogens is 244 g/mol. The third kappa shape index (κ3) is 4.03. The van der Waals surface area contributed by atoms with Crippen LogP contribution >= 0.6 is 23.6 Å². The first kappa shape index (κ1) is 13.3. The average molecular weight is 260 g/mol. The molecule has 1 rings (SSSR count). The van der Waals surface area contributed by atoms with Gasteiger partial charge in [0.15, 0.2) is 3.95 Å². The molecule has 1 atom stereocenters. The Bertz CT molecular complexity index is 411. The Balaban J connectivity index is 2.51. The normalized spacial score (nSPS) is 12.4. The first-order chi connectivity index (χ1) is 7.52. The number of thiazole rings is 1. The highest BCUT2D eigenvalue weighted by molar-refractivity contribution is 7.73. The van der Waals surface area contributed by atoms with E-state index >= 15 is 0 Å². The summed E-state index contributed by atoms with van der Waals surface area (Å²) in [5.74, 6) is -0.0331. The molecule has 0 aromatic carbocycles. The van der Waals surface area contributed by atoms with E-state index < -0.39 is 0 Å². The number of aliphatic hydroxyl groups excluding tert-OH is 1. The molecule has 3 N–H and O–H groups in total. The Morgan fingerprint density at radius 1 is 1.69 bits per heavy atom. The second-order valence-electron chi connectivity index (χ2n) is 3.72. The molecule has 6 heteroatoms. The predicted molar refractivity (Wildman–Crippen MR) is 67.3 cm³/mol. The van der Waals surface area contributed by atoms with Crippen molar-refractivity contribution in [3.63, 3.8) is 0 Å². The summed E-state index contributed by atoms with van der Waals surface area (Å²) in [5.41, 5.74) is 0.958. The number of carbonyl (C=O) groups excluding carboxylic acids is 1. The van der Waals surface area contributed by atoms with Gasteiger partial charge in [-0.25, -0.2) is 0 Å². The van der Waals surface area contributed by atoms with Crippen molar-refractivity contribution in [2.45, 2.75) is 32.7 Å². The van der Waals surface area contributed by atoms with Crippen LogP contribution in [0, 0.1) is 10.9 Å².